The van der Waals surface area contributed by atoms with Gasteiger partial charge in [0.15, 0.2) is 0 Å². The van der Waals surface area contributed by atoms with Crippen LogP contribution in [0.2, 0.25) is 0 Å². The van der Waals surface area contributed by atoms with E-state index in [-0.39, 0.29) is 5.92 Å². The molecule has 0 saturated heterocycles. The quantitative estimate of drug-likeness (QED) is 0.746. The molecular formula is C8H12F3N3. The lowest BCUT2D eigenvalue weighted by Crippen LogP contribution is -2.26. The van der Waals surface area contributed by atoms with E-state index in [4.69, 9.17) is 0 Å². The van der Waals surface area contributed by atoms with Crippen LogP contribution >= 0.6 is 0 Å². The molecule has 0 fully saturated rings. The number of halogens is 3. The van der Waals surface area contributed by atoms with Crippen LogP contribution in [0.15, 0.2) is 6.33 Å². The minimum atomic E-state index is -4.28. The number of rotatable bonds is 2. The third-order valence-corrected chi connectivity index (χ3v) is 1.96. The highest BCUT2D eigenvalue weighted by Crippen LogP contribution is 2.30. The van der Waals surface area contributed by atoms with Gasteiger partial charge in [0.1, 0.15) is 18.2 Å². The molecule has 1 aromatic rings. The van der Waals surface area contributed by atoms with Gasteiger partial charge in [0, 0.05) is 5.92 Å². The van der Waals surface area contributed by atoms with Crippen molar-refractivity contribution in [2.75, 3.05) is 0 Å². The zero-order valence-electron chi connectivity index (χ0n) is 8.21. The molecule has 0 amide bonds. The van der Waals surface area contributed by atoms with Crippen molar-refractivity contribution < 1.29 is 13.2 Å². The van der Waals surface area contributed by atoms with Crippen LogP contribution in [0.1, 0.15) is 38.6 Å². The SMILES string of the molecule is CC(C)c1ncnn1C(C)C(F)(F)F. The van der Waals surface area contributed by atoms with E-state index in [2.05, 4.69) is 10.1 Å². The molecule has 0 aliphatic rings. The maximum atomic E-state index is 12.4. The Morgan fingerprint density at radius 3 is 2.29 bits per heavy atom. The molecule has 0 radical (unpaired) electrons. The molecule has 0 aliphatic carbocycles. The summed E-state index contributed by atoms with van der Waals surface area (Å²) in [6.45, 7) is 4.63. The second kappa shape index (κ2) is 3.59. The van der Waals surface area contributed by atoms with Gasteiger partial charge >= 0.3 is 6.18 Å². The molecule has 3 nitrogen and oxygen atoms in total. The minimum absolute atomic E-state index is 0.0673. The summed E-state index contributed by atoms with van der Waals surface area (Å²) in [5, 5.41) is 3.59. The van der Waals surface area contributed by atoms with Crippen LogP contribution in [0.25, 0.3) is 0 Å². The summed E-state index contributed by atoms with van der Waals surface area (Å²) in [4.78, 5) is 3.80. The second-order valence-electron chi connectivity index (χ2n) is 3.44. The first-order valence-electron chi connectivity index (χ1n) is 4.30. The molecule has 0 aliphatic heterocycles. The molecule has 80 valence electrons. The molecule has 0 N–H and O–H groups in total. The minimum Gasteiger partial charge on any atom is -0.238 e. The Bertz CT molecular complexity index is 303. The number of nitrogens with zero attached hydrogens (tertiary/aromatic N) is 3. The molecule has 14 heavy (non-hydrogen) atoms. The van der Waals surface area contributed by atoms with Crippen molar-refractivity contribution in [3.05, 3.63) is 12.2 Å². The zero-order chi connectivity index (χ0) is 10.9. The summed E-state index contributed by atoms with van der Waals surface area (Å²) in [7, 11) is 0. The Morgan fingerprint density at radius 1 is 1.29 bits per heavy atom. The van der Waals surface area contributed by atoms with Crippen LogP contribution in [0, 0.1) is 0 Å². The lowest BCUT2D eigenvalue weighted by atomic mass is 10.2. The van der Waals surface area contributed by atoms with Crippen LogP contribution < -0.4 is 0 Å². The first-order chi connectivity index (χ1) is 6.34. The zero-order valence-corrected chi connectivity index (χ0v) is 8.21. The molecule has 1 atom stereocenters. The fourth-order valence-electron chi connectivity index (χ4n) is 1.11. The van der Waals surface area contributed by atoms with E-state index >= 15 is 0 Å². The predicted molar refractivity (Wildman–Crippen MR) is 44.9 cm³/mol. The number of aromatic nitrogens is 3. The molecule has 1 unspecified atom stereocenters. The van der Waals surface area contributed by atoms with Crippen molar-refractivity contribution in [3.63, 3.8) is 0 Å². The molecular weight excluding hydrogens is 195 g/mol. The monoisotopic (exact) mass is 207 g/mol. The molecule has 1 rings (SSSR count). The predicted octanol–water partition coefficient (Wildman–Crippen LogP) is 2.52. The van der Waals surface area contributed by atoms with Crippen LogP contribution in [0.4, 0.5) is 13.2 Å². The number of hydrogen-bond donors (Lipinski definition) is 0. The molecule has 0 aromatic carbocycles. The maximum Gasteiger partial charge on any atom is 0.410 e. The van der Waals surface area contributed by atoms with E-state index in [0.717, 1.165) is 17.9 Å². The molecule has 0 saturated carbocycles. The fraction of sp³-hybridized carbons (Fsp3) is 0.750. The van der Waals surface area contributed by atoms with E-state index < -0.39 is 12.2 Å². The average Bonchev–Trinajstić information content (AvgIpc) is 2.48. The number of alkyl halides is 3. The Labute approximate surface area is 79.9 Å². The lowest BCUT2D eigenvalue weighted by Gasteiger charge is -2.18. The van der Waals surface area contributed by atoms with Crippen molar-refractivity contribution >= 4 is 0 Å². The number of hydrogen-bond acceptors (Lipinski definition) is 2. The van der Waals surface area contributed by atoms with Gasteiger partial charge in [-0.25, -0.2) is 9.67 Å². The summed E-state index contributed by atoms with van der Waals surface area (Å²) in [6, 6.07) is -1.62. The van der Waals surface area contributed by atoms with Crippen LogP contribution in [0.5, 0.6) is 0 Å². The molecule has 0 bridgehead atoms. The Hall–Kier alpha value is -1.07. The molecule has 1 heterocycles. The van der Waals surface area contributed by atoms with Gasteiger partial charge in [-0.2, -0.15) is 18.3 Å². The second-order valence-corrected chi connectivity index (χ2v) is 3.44. The van der Waals surface area contributed by atoms with Crippen molar-refractivity contribution in [1.29, 1.82) is 0 Å². The summed E-state index contributed by atoms with van der Waals surface area (Å²) >= 11 is 0. The van der Waals surface area contributed by atoms with Crippen molar-refractivity contribution in [2.45, 2.75) is 38.9 Å². The van der Waals surface area contributed by atoms with E-state index in [1.54, 1.807) is 13.8 Å². The van der Waals surface area contributed by atoms with E-state index in [1.807, 2.05) is 0 Å². The Kier molecular flexibility index (Phi) is 2.82. The van der Waals surface area contributed by atoms with Gasteiger partial charge in [-0.15, -0.1) is 0 Å². The Morgan fingerprint density at radius 2 is 1.86 bits per heavy atom. The van der Waals surface area contributed by atoms with Crippen molar-refractivity contribution in [3.8, 4) is 0 Å². The highest BCUT2D eigenvalue weighted by Gasteiger charge is 2.39. The smallest absolute Gasteiger partial charge is 0.238 e. The molecule has 0 spiro atoms. The van der Waals surface area contributed by atoms with E-state index in [1.165, 1.54) is 0 Å². The Balaban J connectivity index is 3.01. The van der Waals surface area contributed by atoms with Crippen LogP contribution in [-0.2, 0) is 0 Å². The van der Waals surface area contributed by atoms with Crippen molar-refractivity contribution in [2.24, 2.45) is 0 Å². The summed E-state index contributed by atoms with van der Waals surface area (Å²) in [5.41, 5.74) is 0. The maximum absolute atomic E-state index is 12.4. The fourth-order valence-corrected chi connectivity index (χ4v) is 1.11. The van der Waals surface area contributed by atoms with Crippen molar-refractivity contribution in [1.82, 2.24) is 14.8 Å². The first kappa shape index (κ1) is 11.0. The first-order valence-corrected chi connectivity index (χ1v) is 4.30. The van der Waals surface area contributed by atoms with Gasteiger partial charge < -0.3 is 0 Å². The van der Waals surface area contributed by atoms with Gasteiger partial charge in [-0.3, -0.25) is 0 Å². The van der Waals surface area contributed by atoms with Gasteiger partial charge in [0.05, 0.1) is 0 Å². The molecule has 6 heteroatoms. The van der Waals surface area contributed by atoms with Gasteiger partial charge in [0.2, 0.25) is 0 Å². The largest absolute Gasteiger partial charge is 0.410 e. The highest BCUT2D eigenvalue weighted by molar-refractivity contribution is 4.94. The summed E-state index contributed by atoms with van der Waals surface area (Å²) in [5.74, 6) is 0.289. The third kappa shape index (κ3) is 2.05. The van der Waals surface area contributed by atoms with E-state index in [9.17, 15) is 13.2 Å². The molecule has 1 aromatic heterocycles. The summed E-state index contributed by atoms with van der Waals surface area (Å²) in [6.07, 6.45) is -3.13. The van der Waals surface area contributed by atoms with Crippen LogP contribution in [0.3, 0.4) is 0 Å². The van der Waals surface area contributed by atoms with Gasteiger partial charge in [-0.05, 0) is 6.92 Å². The average molecular weight is 207 g/mol. The van der Waals surface area contributed by atoms with Crippen LogP contribution in [-0.4, -0.2) is 20.9 Å². The highest BCUT2D eigenvalue weighted by atomic mass is 19.4. The summed E-state index contributed by atoms with van der Waals surface area (Å²) < 4.78 is 38.0. The topological polar surface area (TPSA) is 30.7 Å². The lowest BCUT2D eigenvalue weighted by molar-refractivity contribution is -0.166. The van der Waals surface area contributed by atoms with Gasteiger partial charge in [-0.1, -0.05) is 13.8 Å². The van der Waals surface area contributed by atoms with E-state index in [0.29, 0.717) is 5.82 Å². The standard InChI is InChI=1S/C8H12F3N3/c1-5(2)7-12-4-13-14(7)6(3)8(9,10)11/h4-6H,1-3H3. The normalized spacial score (nSPS) is 14.8. The van der Waals surface area contributed by atoms with Gasteiger partial charge in [0.25, 0.3) is 0 Å². The third-order valence-electron chi connectivity index (χ3n) is 1.96.